The predicted molar refractivity (Wildman–Crippen MR) is 73.4 cm³/mol. The van der Waals surface area contributed by atoms with Crippen molar-refractivity contribution in [1.82, 2.24) is 14.5 Å². The molecule has 0 spiro atoms. The molecule has 0 fully saturated rings. The Balaban J connectivity index is 2.29. The Labute approximate surface area is 109 Å². The van der Waals surface area contributed by atoms with Crippen molar-refractivity contribution < 1.29 is 0 Å². The summed E-state index contributed by atoms with van der Waals surface area (Å²) in [5.74, 6) is 0.749. The number of rotatable bonds is 2. The first kappa shape index (κ1) is 11.0. The molecule has 0 aliphatic rings. The summed E-state index contributed by atoms with van der Waals surface area (Å²) in [6.07, 6.45) is 3.66. The van der Waals surface area contributed by atoms with Gasteiger partial charge in [0.05, 0.1) is 17.4 Å². The van der Waals surface area contributed by atoms with Gasteiger partial charge in [-0.25, -0.2) is 4.98 Å². The number of para-hydroxylation sites is 1. The standard InChI is InChI=1S/C13H11ClN4/c1-15-10-8-16-13(14)17-12(10)18-7-6-9-4-2-3-5-11(9)18/h2-8,15H,1H3. The normalized spacial score (nSPS) is 10.8. The molecule has 0 aliphatic carbocycles. The molecule has 3 rings (SSSR count). The van der Waals surface area contributed by atoms with Crippen LogP contribution < -0.4 is 5.32 Å². The molecule has 0 saturated heterocycles. The topological polar surface area (TPSA) is 42.7 Å². The minimum absolute atomic E-state index is 0.238. The third-order valence-electron chi connectivity index (χ3n) is 2.84. The lowest BCUT2D eigenvalue weighted by Gasteiger charge is -2.10. The average Bonchev–Trinajstić information content (AvgIpc) is 2.82. The van der Waals surface area contributed by atoms with Crippen LogP contribution in [0.25, 0.3) is 16.7 Å². The van der Waals surface area contributed by atoms with Crippen molar-refractivity contribution in [2.75, 3.05) is 12.4 Å². The summed E-state index contributed by atoms with van der Waals surface area (Å²) in [7, 11) is 1.84. The fraction of sp³-hybridized carbons (Fsp3) is 0.0769. The molecule has 0 amide bonds. The molecule has 90 valence electrons. The molecular formula is C13H11ClN4. The molecule has 3 aromatic rings. The van der Waals surface area contributed by atoms with Gasteiger partial charge in [0.15, 0.2) is 5.82 Å². The van der Waals surface area contributed by atoms with Gasteiger partial charge in [0.2, 0.25) is 5.28 Å². The van der Waals surface area contributed by atoms with Crippen molar-refractivity contribution >= 4 is 28.2 Å². The Morgan fingerprint density at radius 1 is 1.22 bits per heavy atom. The van der Waals surface area contributed by atoms with Gasteiger partial charge in [0.25, 0.3) is 0 Å². The number of nitrogens with one attached hydrogen (secondary N) is 1. The van der Waals surface area contributed by atoms with Crippen molar-refractivity contribution in [1.29, 1.82) is 0 Å². The zero-order chi connectivity index (χ0) is 12.5. The Kier molecular flexibility index (Phi) is 2.64. The fourth-order valence-electron chi connectivity index (χ4n) is 1.98. The van der Waals surface area contributed by atoms with Crippen molar-refractivity contribution in [3.8, 4) is 5.82 Å². The molecule has 0 saturated carbocycles. The summed E-state index contributed by atoms with van der Waals surface area (Å²) in [6.45, 7) is 0. The summed E-state index contributed by atoms with van der Waals surface area (Å²) in [5, 5.41) is 4.47. The fourth-order valence-corrected chi connectivity index (χ4v) is 2.11. The number of fused-ring (bicyclic) bond motifs is 1. The number of halogens is 1. The third-order valence-corrected chi connectivity index (χ3v) is 3.02. The van der Waals surface area contributed by atoms with Crippen molar-refractivity contribution in [2.45, 2.75) is 0 Å². The third kappa shape index (κ3) is 1.71. The van der Waals surface area contributed by atoms with Gasteiger partial charge in [0.1, 0.15) is 0 Å². The van der Waals surface area contributed by atoms with E-state index < -0.39 is 0 Å². The molecule has 5 heteroatoms. The van der Waals surface area contributed by atoms with E-state index in [9.17, 15) is 0 Å². The zero-order valence-electron chi connectivity index (χ0n) is 9.76. The van der Waals surface area contributed by atoms with E-state index in [4.69, 9.17) is 11.6 Å². The van der Waals surface area contributed by atoms with Gasteiger partial charge in [-0.15, -0.1) is 0 Å². The molecule has 0 atom stereocenters. The summed E-state index contributed by atoms with van der Waals surface area (Å²) < 4.78 is 1.99. The van der Waals surface area contributed by atoms with Gasteiger partial charge in [-0.3, -0.25) is 4.57 Å². The molecule has 0 radical (unpaired) electrons. The number of aromatic nitrogens is 3. The van der Waals surface area contributed by atoms with Crippen LogP contribution >= 0.6 is 11.6 Å². The molecule has 18 heavy (non-hydrogen) atoms. The largest absolute Gasteiger partial charge is 0.384 e. The molecule has 1 aromatic carbocycles. The van der Waals surface area contributed by atoms with Gasteiger partial charge >= 0.3 is 0 Å². The van der Waals surface area contributed by atoms with Crippen LogP contribution in [0.15, 0.2) is 42.7 Å². The lowest BCUT2D eigenvalue weighted by molar-refractivity contribution is 1.01. The number of hydrogen-bond donors (Lipinski definition) is 1. The van der Waals surface area contributed by atoms with E-state index in [0.717, 1.165) is 22.4 Å². The van der Waals surface area contributed by atoms with E-state index in [1.165, 1.54) is 0 Å². The second-order valence-electron chi connectivity index (χ2n) is 3.87. The van der Waals surface area contributed by atoms with Gasteiger partial charge in [-0.1, -0.05) is 18.2 Å². The maximum atomic E-state index is 5.88. The lowest BCUT2D eigenvalue weighted by Crippen LogP contribution is -2.03. The molecule has 0 bridgehead atoms. The van der Waals surface area contributed by atoms with Crippen LogP contribution in [0.1, 0.15) is 0 Å². The summed E-state index contributed by atoms with van der Waals surface area (Å²) >= 11 is 5.88. The van der Waals surface area contributed by atoms with Crippen molar-refractivity contribution in [2.24, 2.45) is 0 Å². The lowest BCUT2D eigenvalue weighted by atomic mass is 10.2. The highest BCUT2D eigenvalue weighted by Gasteiger charge is 2.09. The summed E-state index contributed by atoms with van der Waals surface area (Å²) in [6, 6.07) is 10.2. The number of benzene rings is 1. The van der Waals surface area contributed by atoms with Gasteiger partial charge in [0, 0.05) is 13.2 Å². The number of nitrogens with zero attached hydrogens (tertiary/aromatic N) is 3. The van der Waals surface area contributed by atoms with Crippen LogP contribution in [0, 0.1) is 0 Å². The molecular weight excluding hydrogens is 248 g/mol. The van der Waals surface area contributed by atoms with Gasteiger partial charge in [-0.2, -0.15) is 4.98 Å². The Morgan fingerprint density at radius 2 is 2.06 bits per heavy atom. The Bertz CT molecular complexity index is 705. The van der Waals surface area contributed by atoms with Crippen LogP contribution in [0.2, 0.25) is 5.28 Å². The van der Waals surface area contributed by atoms with Crippen LogP contribution in [0.3, 0.4) is 0 Å². The SMILES string of the molecule is CNc1cnc(Cl)nc1-n1ccc2ccccc21. The monoisotopic (exact) mass is 258 g/mol. The molecule has 0 unspecified atom stereocenters. The summed E-state index contributed by atoms with van der Waals surface area (Å²) in [4.78, 5) is 8.27. The smallest absolute Gasteiger partial charge is 0.224 e. The zero-order valence-corrected chi connectivity index (χ0v) is 10.5. The highest BCUT2D eigenvalue weighted by atomic mass is 35.5. The predicted octanol–water partition coefficient (Wildman–Crippen LogP) is 3.12. The minimum atomic E-state index is 0.238. The van der Waals surface area contributed by atoms with Crippen LogP contribution in [-0.2, 0) is 0 Å². The van der Waals surface area contributed by atoms with E-state index in [2.05, 4.69) is 21.4 Å². The van der Waals surface area contributed by atoms with Crippen molar-refractivity contribution in [3.63, 3.8) is 0 Å². The number of anilines is 1. The maximum Gasteiger partial charge on any atom is 0.224 e. The Morgan fingerprint density at radius 3 is 2.89 bits per heavy atom. The van der Waals surface area contributed by atoms with Crippen molar-refractivity contribution in [3.05, 3.63) is 48.0 Å². The van der Waals surface area contributed by atoms with E-state index in [1.807, 2.05) is 42.1 Å². The van der Waals surface area contributed by atoms with E-state index in [1.54, 1.807) is 6.20 Å². The average molecular weight is 259 g/mol. The molecule has 4 nitrogen and oxygen atoms in total. The van der Waals surface area contributed by atoms with E-state index in [-0.39, 0.29) is 5.28 Å². The van der Waals surface area contributed by atoms with Crippen LogP contribution in [0.4, 0.5) is 5.69 Å². The van der Waals surface area contributed by atoms with Gasteiger partial charge in [-0.05, 0) is 29.1 Å². The second-order valence-corrected chi connectivity index (χ2v) is 4.21. The Hall–Kier alpha value is -2.07. The highest BCUT2D eigenvalue weighted by Crippen LogP contribution is 2.24. The summed E-state index contributed by atoms with van der Waals surface area (Å²) in [5.41, 5.74) is 1.92. The second kappa shape index (κ2) is 4.31. The van der Waals surface area contributed by atoms with E-state index >= 15 is 0 Å². The first-order valence-corrected chi connectivity index (χ1v) is 5.94. The van der Waals surface area contributed by atoms with E-state index in [0.29, 0.717) is 0 Å². The quantitative estimate of drug-likeness (QED) is 0.718. The molecule has 2 aromatic heterocycles. The van der Waals surface area contributed by atoms with Crippen LogP contribution in [-0.4, -0.2) is 21.6 Å². The highest BCUT2D eigenvalue weighted by molar-refractivity contribution is 6.28. The minimum Gasteiger partial charge on any atom is -0.384 e. The first-order valence-electron chi connectivity index (χ1n) is 5.56. The first-order chi connectivity index (χ1) is 8.79. The maximum absolute atomic E-state index is 5.88. The van der Waals surface area contributed by atoms with Gasteiger partial charge < -0.3 is 5.32 Å². The molecule has 1 N–H and O–H groups in total. The molecule has 2 heterocycles. The van der Waals surface area contributed by atoms with Crippen LogP contribution in [0.5, 0.6) is 0 Å². The molecule has 0 aliphatic heterocycles. The number of hydrogen-bond acceptors (Lipinski definition) is 3.